The SMILES string of the molecule is Cc1nc(N)nc(N2CCN(c3ccccn3)CC2)c1-c1cccnc1. The predicted octanol–water partition coefficient (Wildman–Crippen LogP) is 2.15. The van der Waals surface area contributed by atoms with Crippen LogP contribution in [0.4, 0.5) is 17.6 Å². The van der Waals surface area contributed by atoms with Gasteiger partial charge in [0.2, 0.25) is 5.95 Å². The molecule has 0 bridgehead atoms. The number of aryl methyl sites for hydroxylation is 1. The summed E-state index contributed by atoms with van der Waals surface area (Å²) in [4.78, 5) is 22.2. The van der Waals surface area contributed by atoms with E-state index in [9.17, 15) is 0 Å². The minimum Gasteiger partial charge on any atom is -0.368 e. The Bertz CT molecular complexity index is 875. The normalized spacial score (nSPS) is 14.5. The molecule has 1 aliphatic rings. The van der Waals surface area contributed by atoms with Crippen LogP contribution in [0.3, 0.4) is 0 Å². The fourth-order valence-electron chi connectivity index (χ4n) is 3.34. The monoisotopic (exact) mass is 347 g/mol. The first-order valence-corrected chi connectivity index (χ1v) is 8.68. The van der Waals surface area contributed by atoms with Crippen LogP contribution >= 0.6 is 0 Å². The first-order valence-electron chi connectivity index (χ1n) is 8.68. The summed E-state index contributed by atoms with van der Waals surface area (Å²) in [5.41, 5.74) is 8.82. The molecule has 132 valence electrons. The second-order valence-electron chi connectivity index (χ2n) is 6.27. The van der Waals surface area contributed by atoms with Gasteiger partial charge in [-0.2, -0.15) is 4.98 Å². The lowest BCUT2D eigenvalue weighted by molar-refractivity contribution is 0.641. The van der Waals surface area contributed by atoms with E-state index < -0.39 is 0 Å². The summed E-state index contributed by atoms with van der Waals surface area (Å²) in [7, 11) is 0. The molecular formula is C19H21N7. The number of hydrogen-bond donors (Lipinski definition) is 1. The van der Waals surface area contributed by atoms with Crippen LogP contribution in [0.25, 0.3) is 11.1 Å². The smallest absolute Gasteiger partial charge is 0.222 e. The molecule has 1 aliphatic heterocycles. The average molecular weight is 347 g/mol. The molecule has 26 heavy (non-hydrogen) atoms. The first-order chi connectivity index (χ1) is 12.7. The largest absolute Gasteiger partial charge is 0.368 e. The number of rotatable bonds is 3. The predicted molar refractivity (Wildman–Crippen MR) is 103 cm³/mol. The van der Waals surface area contributed by atoms with Crippen molar-refractivity contribution >= 4 is 17.6 Å². The lowest BCUT2D eigenvalue weighted by atomic mass is 10.1. The zero-order valence-corrected chi connectivity index (χ0v) is 14.7. The third-order valence-electron chi connectivity index (χ3n) is 4.59. The Kier molecular flexibility index (Phi) is 4.35. The second-order valence-corrected chi connectivity index (χ2v) is 6.27. The summed E-state index contributed by atoms with van der Waals surface area (Å²) >= 11 is 0. The number of aromatic nitrogens is 4. The van der Waals surface area contributed by atoms with Gasteiger partial charge in [0, 0.05) is 55.9 Å². The van der Waals surface area contributed by atoms with E-state index in [1.54, 1.807) is 6.20 Å². The molecule has 3 aromatic rings. The van der Waals surface area contributed by atoms with E-state index in [4.69, 9.17) is 5.73 Å². The number of nitrogens with zero attached hydrogens (tertiary/aromatic N) is 6. The maximum atomic E-state index is 5.95. The van der Waals surface area contributed by atoms with Gasteiger partial charge in [-0.1, -0.05) is 12.1 Å². The molecule has 0 spiro atoms. The minimum atomic E-state index is 0.303. The highest BCUT2D eigenvalue weighted by atomic mass is 15.3. The Morgan fingerprint density at radius 2 is 1.73 bits per heavy atom. The van der Waals surface area contributed by atoms with Gasteiger partial charge in [-0.05, 0) is 25.1 Å². The van der Waals surface area contributed by atoms with Gasteiger partial charge in [0.15, 0.2) is 0 Å². The van der Waals surface area contributed by atoms with Gasteiger partial charge in [-0.25, -0.2) is 9.97 Å². The molecule has 1 saturated heterocycles. The third kappa shape index (κ3) is 3.15. The van der Waals surface area contributed by atoms with E-state index >= 15 is 0 Å². The lowest BCUT2D eigenvalue weighted by Gasteiger charge is -2.37. The van der Waals surface area contributed by atoms with Crippen LogP contribution in [0.2, 0.25) is 0 Å². The number of piperazine rings is 1. The molecule has 4 rings (SSSR count). The van der Waals surface area contributed by atoms with Crippen molar-refractivity contribution < 1.29 is 0 Å². The molecule has 0 aliphatic carbocycles. The molecule has 7 heteroatoms. The van der Waals surface area contributed by atoms with Crippen LogP contribution < -0.4 is 15.5 Å². The van der Waals surface area contributed by atoms with Gasteiger partial charge in [0.05, 0.1) is 5.69 Å². The maximum absolute atomic E-state index is 5.95. The maximum Gasteiger partial charge on any atom is 0.222 e. The second kappa shape index (κ2) is 6.95. The Balaban J connectivity index is 1.63. The lowest BCUT2D eigenvalue weighted by Crippen LogP contribution is -2.47. The fraction of sp³-hybridized carbons (Fsp3) is 0.263. The van der Waals surface area contributed by atoms with Gasteiger partial charge in [-0.3, -0.25) is 4.98 Å². The van der Waals surface area contributed by atoms with Gasteiger partial charge in [0.1, 0.15) is 11.6 Å². The Morgan fingerprint density at radius 3 is 2.42 bits per heavy atom. The highest BCUT2D eigenvalue weighted by Gasteiger charge is 2.23. The molecule has 0 amide bonds. The van der Waals surface area contributed by atoms with Crippen LogP contribution in [-0.2, 0) is 0 Å². The summed E-state index contributed by atoms with van der Waals surface area (Å²) in [5.74, 6) is 2.19. The molecule has 2 N–H and O–H groups in total. The number of nitrogen functional groups attached to an aromatic ring is 1. The zero-order valence-electron chi connectivity index (χ0n) is 14.7. The van der Waals surface area contributed by atoms with Crippen LogP contribution in [-0.4, -0.2) is 46.1 Å². The quantitative estimate of drug-likeness (QED) is 0.777. The summed E-state index contributed by atoms with van der Waals surface area (Å²) in [6, 6.07) is 9.95. The van der Waals surface area contributed by atoms with Crippen LogP contribution in [0.1, 0.15) is 5.69 Å². The Hall–Kier alpha value is -3.22. The summed E-state index contributed by atoms with van der Waals surface area (Å²) < 4.78 is 0. The topological polar surface area (TPSA) is 84.1 Å². The van der Waals surface area contributed by atoms with Gasteiger partial charge >= 0.3 is 0 Å². The van der Waals surface area contributed by atoms with Crippen molar-refractivity contribution in [2.45, 2.75) is 6.92 Å². The van der Waals surface area contributed by atoms with E-state index in [-0.39, 0.29) is 0 Å². The average Bonchev–Trinajstić information content (AvgIpc) is 2.69. The molecular weight excluding hydrogens is 326 g/mol. The third-order valence-corrected chi connectivity index (χ3v) is 4.59. The molecule has 4 heterocycles. The summed E-state index contributed by atoms with van der Waals surface area (Å²) in [6.45, 7) is 5.42. The van der Waals surface area contributed by atoms with Crippen LogP contribution in [0, 0.1) is 6.92 Å². The van der Waals surface area contributed by atoms with E-state index in [0.717, 1.165) is 54.6 Å². The van der Waals surface area contributed by atoms with Gasteiger partial charge < -0.3 is 15.5 Å². The van der Waals surface area contributed by atoms with E-state index in [1.165, 1.54) is 0 Å². The highest BCUT2D eigenvalue weighted by Crippen LogP contribution is 2.32. The van der Waals surface area contributed by atoms with Crippen molar-refractivity contribution in [2.24, 2.45) is 0 Å². The van der Waals surface area contributed by atoms with Crippen molar-refractivity contribution in [1.82, 2.24) is 19.9 Å². The summed E-state index contributed by atoms with van der Waals surface area (Å²) in [6.07, 6.45) is 5.44. The van der Waals surface area contributed by atoms with Crippen molar-refractivity contribution in [3.8, 4) is 11.1 Å². The van der Waals surface area contributed by atoms with E-state index in [0.29, 0.717) is 5.95 Å². The molecule has 0 saturated carbocycles. The standard InChI is InChI=1S/C19H21N7/c1-14-17(15-5-4-7-21-13-15)18(24-19(20)23-14)26-11-9-25(10-12-26)16-6-2-3-8-22-16/h2-8,13H,9-12H2,1H3,(H2,20,23,24). The van der Waals surface area contributed by atoms with E-state index in [2.05, 4.69) is 29.7 Å². The zero-order chi connectivity index (χ0) is 17.9. The molecule has 1 fully saturated rings. The fourth-order valence-corrected chi connectivity index (χ4v) is 3.34. The first kappa shape index (κ1) is 16.3. The molecule has 0 aromatic carbocycles. The Morgan fingerprint density at radius 1 is 0.923 bits per heavy atom. The van der Waals surface area contributed by atoms with Crippen LogP contribution in [0.15, 0.2) is 48.9 Å². The minimum absolute atomic E-state index is 0.303. The van der Waals surface area contributed by atoms with E-state index in [1.807, 2.05) is 49.6 Å². The molecule has 0 atom stereocenters. The van der Waals surface area contributed by atoms with Crippen molar-refractivity contribution in [3.63, 3.8) is 0 Å². The van der Waals surface area contributed by atoms with Crippen molar-refractivity contribution in [2.75, 3.05) is 41.7 Å². The number of hydrogen-bond acceptors (Lipinski definition) is 7. The molecule has 3 aromatic heterocycles. The van der Waals surface area contributed by atoms with Gasteiger partial charge in [0.25, 0.3) is 0 Å². The van der Waals surface area contributed by atoms with Crippen molar-refractivity contribution in [1.29, 1.82) is 0 Å². The Labute approximate surface area is 152 Å². The van der Waals surface area contributed by atoms with Gasteiger partial charge in [-0.15, -0.1) is 0 Å². The summed E-state index contributed by atoms with van der Waals surface area (Å²) in [5, 5.41) is 0. The highest BCUT2D eigenvalue weighted by molar-refractivity contribution is 5.78. The molecule has 7 nitrogen and oxygen atoms in total. The van der Waals surface area contributed by atoms with Crippen molar-refractivity contribution in [3.05, 3.63) is 54.6 Å². The van der Waals surface area contributed by atoms with Crippen LogP contribution in [0.5, 0.6) is 0 Å². The molecule has 0 unspecified atom stereocenters. The molecule has 0 radical (unpaired) electrons. The number of anilines is 3. The number of pyridine rings is 2. The number of nitrogens with two attached hydrogens (primary N) is 1.